The average Bonchev–Trinajstić information content (AvgIpc) is 2.38. The lowest BCUT2D eigenvalue weighted by molar-refractivity contribution is 0.0937. The van der Waals surface area contributed by atoms with E-state index in [-0.39, 0.29) is 17.6 Å². The van der Waals surface area contributed by atoms with Crippen molar-refractivity contribution < 1.29 is 4.79 Å². The Morgan fingerprint density at radius 2 is 2.05 bits per heavy atom. The predicted octanol–water partition coefficient (Wildman–Crippen LogP) is 3.01. The van der Waals surface area contributed by atoms with E-state index in [1.54, 1.807) is 12.1 Å². The smallest absolute Gasteiger partial charge is 0.271 e. The molecular weight excluding hydrogens is 276 g/mol. The molecule has 0 saturated carbocycles. The summed E-state index contributed by atoms with van der Waals surface area (Å²) in [6, 6.07) is 7.34. The molecule has 1 aromatic carbocycles. The van der Waals surface area contributed by atoms with Gasteiger partial charge in [0.25, 0.3) is 5.91 Å². The standard InChI is InChI=1S/C14H15ClN4O/c1-9(2)18-14(20)12-7-17-13(8-16-12)19-11-5-3-4-10(15)6-11/h3-9H,1-2H3,(H,17,19)(H,18,20). The average molecular weight is 291 g/mol. The molecule has 0 spiro atoms. The molecule has 104 valence electrons. The van der Waals surface area contributed by atoms with Gasteiger partial charge >= 0.3 is 0 Å². The van der Waals surface area contributed by atoms with Gasteiger partial charge in [-0.05, 0) is 32.0 Å². The zero-order chi connectivity index (χ0) is 14.5. The van der Waals surface area contributed by atoms with E-state index < -0.39 is 0 Å². The van der Waals surface area contributed by atoms with Crippen LogP contribution in [0.15, 0.2) is 36.7 Å². The van der Waals surface area contributed by atoms with E-state index in [4.69, 9.17) is 11.6 Å². The molecule has 0 bridgehead atoms. The number of nitrogens with zero attached hydrogens (tertiary/aromatic N) is 2. The van der Waals surface area contributed by atoms with Crippen LogP contribution in [0.3, 0.4) is 0 Å². The fraction of sp³-hybridized carbons (Fsp3) is 0.214. The van der Waals surface area contributed by atoms with E-state index in [0.29, 0.717) is 10.8 Å². The molecule has 1 aromatic heterocycles. The van der Waals surface area contributed by atoms with Crippen LogP contribution in [-0.4, -0.2) is 21.9 Å². The van der Waals surface area contributed by atoms with Crippen LogP contribution in [0, 0.1) is 0 Å². The van der Waals surface area contributed by atoms with Crippen molar-refractivity contribution >= 4 is 29.0 Å². The largest absolute Gasteiger partial charge is 0.348 e. The van der Waals surface area contributed by atoms with Gasteiger partial charge < -0.3 is 10.6 Å². The summed E-state index contributed by atoms with van der Waals surface area (Å²) in [5.74, 6) is 0.315. The van der Waals surface area contributed by atoms with Crippen LogP contribution in [0.5, 0.6) is 0 Å². The predicted molar refractivity (Wildman–Crippen MR) is 79.4 cm³/mol. The number of carbonyl (C=O) groups excluding carboxylic acids is 1. The number of carbonyl (C=O) groups is 1. The number of anilines is 2. The van der Waals surface area contributed by atoms with Gasteiger partial charge in [-0.1, -0.05) is 17.7 Å². The highest BCUT2D eigenvalue weighted by Crippen LogP contribution is 2.18. The second kappa shape index (κ2) is 6.34. The van der Waals surface area contributed by atoms with Crippen molar-refractivity contribution in [3.8, 4) is 0 Å². The summed E-state index contributed by atoms with van der Waals surface area (Å²) in [7, 11) is 0. The monoisotopic (exact) mass is 290 g/mol. The molecule has 1 amide bonds. The third kappa shape index (κ3) is 3.93. The Hall–Kier alpha value is -2.14. The molecule has 0 fully saturated rings. The zero-order valence-electron chi connectivity index (χ0n) is 11.2. The molecule has 6 heteroatoms. The topological polar surface area (TPSA) is 66.9 Å². The molecule has 0 atom stereocenters. The van der Waals surface area contributed by atoms with Crippen LogP contribution in [-0.2, 0) is 0 Å². The second-order valence-electron chi connectivity index (χ2n) is 4.55. The fourth-order valence-corrected chi connectivity index (χ4v) is 1.75. The minimum Gasteiger partial charge on any atom is -0.348 e. The summed E-state index contributed by atoms with van der Waals surface area (Å²) in [6.07, 6.45) is 2.95. The van der Waals surface area contributed by atoms with Crippen molar-refractivity contribution in [3.05, 3.63) is 47.4 Å². The van der Waals surface area contributed by atoms with Crippen molar-refractivity contribution in [2.75, 3.05) is 5.32 Å². The Morgan fingerprint density at radius 3 is 2.65 bits per heavy atom. The lowest BCUT2D eigenvalue weighted by Gasteiger charge is -2.08. The molecule has 2 rings (SSSR count). The highest BCUT2D eigenvalue weighted by molar-refractivity contribution is 6.30. The van der Waals surface area contributed by atoms with Gasteiger partial charge in [0.15, 0.2) is 0 Å². The van der Waals surface area contributed by atoms with Crippen molar-refractivity contribution in [2.24, 2.45) is 0 Å². The summed E-state index contributed by atoms with van der Waals surface area (Å²) in [5.41, 5.74) is 1.10. The van der Waals surface area contributed by atoms with E-state index in [9.17, 15) is 4.79 Å². The van der Waals surface area contributed by atoms with Crippen LogP contribution < -0.4 is 10.6 Å². The number of hydrogen-bond acceptors (Lipinski definition) is 4. The maximum absolute atomic E-state index is 11.7. The maximum Gasteiger partial charge on any atom is 0.271 e. The minimum atomic E-state index is -0.234. The van der Waals surface area contributed by atoms with Crippen molar-refractivity contribution in [2.45, 2.75) is 19.9 Å². The summed E-state index contributed by atoms with van der Waals surface area (Å²) >= 11 is 5.90. The van der Waals surface area contributed by atoms with Gasteiger partial charge in [0, 0.05) is 16.8 Å². The quantitative estimate of drug-likeness (QED) is 0.908. The van der Waals surface area contributed by atoms with Gasteiger partial charge in [-0.3, -0.25) is 4.79 Å². The van der Waals surface area contributed by atoms with Crippen LogP contribution in [0.25, 0.3) is 0 Å². The first kappa shape index (κ1) is 14.3. The van der Waals surface area contributed by atoms with E-state index in [1.807, 2.05) is 26.0 Å². The molecule has 1 heterocycles. The third-order valence-electron chi connectivity index (χ3n) is 2.40. The number of hydrogen-bond donors (Lipinski definition) is 2. The number of halogens is 1. The number of aromatic nitrogens is 2. The minimum absolute atomic E-state index is 0.0635. The molecule has 2 aromatic rings. The molecule has 0 saturated heterocycles. The molecule has 0 radical (unpaired) electrons. The molecule has 2 N–H and O–H groups in total. The second-order valence-corrected chi connectivity index (χ2v) is 4.99. The van der Waals surface area contributed by atoms with Crippen molar-refractivity contribution in [3.63, 3.8) is 0 Å². The first-order valence-electron chi connectivity index (χ1n) is 6.20. The SMILES string of the molecule is CC(C)NC(=O)c1cnc(Nc2cccc(Cl)c2)cn1. The Morgan fingerprint density at radius 1 is 1.25 bits per heavy atom. The molecule has 0 unspecified atom stereocenters. The van der Waals surface area contributed by atoms with Crippen LogP contribution >= 0.6 is 11.6 Å². The Bertz CT molecular complexity index is 598. The molecule has 0 aliphatic heterocycles. The van der Waals surface area contributed by atoms with Crippen molar-refractivity contribution in [1.29, 1.82) is 0 Å². The molecule has 20 heavy (non-hydrogen) atoms. The maximum atomic E-state index is 11.7. The first-order valence-corrected chi connectivity index (χ1v) is 6.58. The third-order valence-corrected chi connectivity index (χ3v) is 2.64. The summed E-state index contributed by atoms with van der Waals surface area (Å²) < 4.78 is 0. The zero-order valence-corrected chi connectivity index (χ0v) is 12.0. The van der Waals surface area contributed by atoms with Crippen LogP contribution in [0.2, 0.25) is 5.02 Å². The number of benzene rings is 1. The Balaban J connectivity index is 2.07. The molecule has 0 aliphatic carbocycles. The van der Waals surface area contributed by atoms with E-state index in [0.717, 1.165) is 5.69 Å². The normalized spacial score (nSPS) is 10.4. The van der Waals surface area contributed by atoms with E-state index in [2.05, 4.69) is 20.6 Å². The number of nitrogens with one attached hydrogen (secondary N) is 2. The van der Waals surface area contributed by atoms with Gasteiger partial charge in [0.2, 0.25) is 0 Å². The lowest BCUT2D eigenvalue weighted by atomic mass is 10.3. The summed E-state index contributed by atoms with van der Waals surface area (Å²) in [5, 5.41) is 6.45. The number of rotatable bonds is 4. The fourth-order valence-electron chi connectivity index (χ4n) is 1.56. The number of amides is 1. The Kier molecular flexibility index (Phi) is 4.53. The summed E-state index contributed by atoms with van der Waals surface area (Å²) in [6.45, 7) is 3.78. The van der Waals surface area contributed by atoms with E-state index >= 15 is 0 Å². The van der Waals surface area contributed by atoms with Gasteiger partial charge in [0.05, 0.1) is 12.4 Å². The van der Waals surface area contributed by atoms with Gasteiger partial charge in [0.1, 0.15) is 11.5 Å². The van der Waals surface area contributed by atoms with Gasteiger partial charge in [-0.2, -0.15) is 0 Å². The van der Waals surface area contributed by atoms with Gasteiger partial charge in [-0.25, -0.2) is 9.97 Å². The summed E-state index contributed by atoms with van der Waals surface area (Å²) in [4.78, 5) is 20.0. The highest BCUT2D eigenvalue weighted by atomic mass is 35.5. The van der Waals surface area contributed by atoms with Crippen LogP contribution in [0.1, 0.15) is 24.3 Å². The van der Waals surface area contributed by atoms with E-state index in [1.165, 1.54) is 12.4 Å². The van der Waals surface area contributed by atoms with Crippen molar-refractivity contribution in [1.82, 2.24) is 15.3 Å². The lowest BCUT2D eigenvalue weighted by Crippen LogP contribution is -2.30. The van der Waals surface area contributed by atoms with Crippen LogP contribution in [0.4, 0.5) is 11.5 Å². The molecule has 5 nitrogen and oxygen atoms in total. The highest BCUT2D eigenvalue weighted by Gasteiger charge is 2.08. The molecule has 0 aliphatic rings. The van der Waals surface area contributed by atoms with Gasteiger partial charge in [-0.15, -0.1) is 0 Å². The Labute approximate surface area is 122 Å². The first-order chi connectivity index (χ1) is 9.54. The molecular formula is C14H15ClN4O.